The molecule has 0 aromatic heterocycles. The van der Waals surface area contributed by atoms with Gasteiger partial charge < -0.3 is 4.74 Å². The van der Waals surface area contributed by atoms with E-state index in [4.69, 9.17) is 16.3 Å². The number of ether oxygens (including phenoxy) is 1. The molecular formula is C16H22ClNO2. The molecule has 1 saturated heterocycles. The van der Waals surface area contributed by atoms with Crippen molar-refractivity contribution >= 4 is 16.8 Å². The van der Waals surface area contributed by atoms with Gasteiger partial charge in [-0.05, 0) is 49.1 Å². The monoisotopic (exact) mass is 295 g/mol. The minimum atomic E-state index is -0.446. The van der Waals surface area contributed by atoms with Crippen LogP contribution in [0.3, 0.4) is 0 Å². The summed E-state index contributed by atoms with van der Waals surface area (Å²) in [6.45, 7) is 4.31. The number of hydrogen-bond acceptors (Lipinski definition) is 3. The SMILES string of the molecule is CCC(Oc1cccc(C(=O)Cl)c1)N1CCCCCC1. The van der Waals surface area contributed by atoms with E-state index in [1.165, 1.54) is 25.7 Å². The maximum absolute atomic E-state index is 11.2. The Hall–Kier alpha value is -1.06. The highest BCUT2D eigenvalue weighted by atomic mass is 35.5. The molecule has 2 rings (SSSR count). The molecule has 1 heterocycles. The van der Waals surface area contributed by atoms with Gasteiger partial charge in [-0.15, -0.1) is 0 Å². The van der Waals surface area contributed by atoms with Crippen LogP contribution in [-0.4, -0.2) is 29.5 Å². The second-order valence-electron chi connectivity index (χ2n) is 5.23. The quantitative estimate of drug-likeness (QED) is 0.767. The second-order valence-corrected chi connectivity index (χ2v) is 5.58. The Bertz CT molecular complexity index is 442. The van der Waals surface area contributed by atoms with Crippen LogP contribution in [-0.2, 0) is 0 Å². The maximum atomic E-state index is 11.2. The van der Waals surface area contributed by atoms with Crippen LogP contribution in [0.1, 0.15) is 49.4 Å². The zero-order valence-electron chi connectivity index (χ0n) is 12.0. The Labute approximate surface area is 125 Å². The van der Waals surface area contributed by atoms with Crippen LogP contribution < -0.4 is 4.74 Å². The molecular weight excluding hydrogens is 274 g/mol. The third-order valence-corrected chi connectivity index (χ3v) is 3.95. The number of carbonyl (C=O) groups excluding carboxylic acids is 1. The fourth-order valence-corrected chi connectivity index (χ4v) is 2.77. The van der Waals surface area contributed by atoms with Crippen molar-refractivity contribution in [3.63, 3.8) is 0 Å². The Morgan fingerprint density at radius 3 is 2.60 bits per heavy atom. The molecule has 1 aromatic carbocycles. The summed E-state index contributed by atoms with van der Waals surface area (Å²) >= 11 is 5.51. The first-order valence-corrected chi connectivity index (χ1v) is 7.79. The number of likely N-dealkylation sites (tertiary alicyclic amines) is 1. The largest absolute Gasteiger partial charge is 0.475 e. The van der Waals surface area contributed by atoms with Crippen molar-refractivity contribution in [2.75, 3.05) is 13.1 Å². The summed E-state index contributed by atoms with van der Waals surface area (Å²) in [6.07, 6.45) is 6.10. The lowest BCUT2D eigenvalue weighted by Crippen LogP contribution is -2.39. The topological polar surface area (TPSA) is 29.5 Å². The van der Waals surface area contributed by atoms with Gasteiger partial charge in [-0.3, -0.25) is 9.69 Å². The van der Waals surface area contributed by atoms with Gasteiger partial charge in [-0.25, -0.2) is 0 Å². The Balaban J connectivity index is 2.05. The first-order valence-electron chi connectivity index (χ1n) is 7.41. The average molecular weight is 296 g/mol. The lowest BCUT2D eigenvalue weighted by molar-refractivity contribution is 0.0246. The summed E-state index contributed by atoms with van der Waals surface area (Å²) in [5.74, 6) is 0.715. The minimum absolute atomic E-state index is 0.0776. The highest BCUT2D eigenvalue weighted by molar-refractivity contribution is 6.67. The first kappa shape index (κ1) is 15.3. The molecule has 1 aromatic rings. The molecule has 1 atom stereocenters. The second kappa shape index (κ2) is 7.65. The van der Waals surface area contributed by atoms with Gasteiger partial charge in [0.1, 0.15) is 5.75 Å². The third kappa shape index (κ3) is 4.22. The molecule has 0 spiro atoms. The molecule has 0 aliphatic carbocycles. The smallest absolute Gasteiger partial charge is 0.252 e. The summed E-state index contributed by atoms with van der Waals surface area (Å²) in [4.78, 5) is 13.6. The van der Waals surface area contributed by atoms with E-state index in [0.29, 0.717) is 11.3 Å². The van der Waals surface area contributed by atoms with Gasteiger partial charge >= 0.3 is 0 Å². The molecule has 1 fully saturated rings. The predicted molar refractivity (Wildman–Crippen MR) is 81.4 cm³/mol. The van der Waals surface area contributed by atoms with Crippen molar-refractivity contribution in [3.05, 3.63) is 29.8 Å². The molecule has 3 nitrogen and oxygen atoms in total. The highest BCUT2D eigenvalue weighted by Gasteiger charge is 2.19. The molecule has 1 aliphatic rings. The predicted octanol–water partition coefficient (Wildman–Crippen LogP) is 4.06. The summed E-state index contributed by atoms with van der Waals surface area (Å²) < 4.78 is 6.06. The molecule has 0 radical (unpaired) electrons. The van der Waals surface area contributed by atoms with Gasteiger partial charge in [0.15, 0.2) is 6.23 Å². The van der Waals surface area contributed by atoms with Crippen LogP contribution in [0, 0.1) is 0 Å². The van der Waals surface area contributed by atoms with Gasteiger partial charge in [0, 0.05) is 18.7 Å². The number of benzene rings is 1. The number of rotatable bonds is 5. The van der Waals surface area contributed by atoms with E-state index in [0.717, 1.165) is 19.5 Å². The third-order valence-electron chi connectivity index (χ3n) is 3.73. The van der Waals surface area contributed by atoms with Crippen molar-refractivity contribution in [2.45, 2.75) is 45.3 Å². The van der Waals surface area contributed by atoms with E-state index in [1.54, 1.807) is 18.2 Å². The summed E-state index contributed by atoms with van der Waals surface area (Å²) in [5.41, 5.74) is 0.481. The van der Waals surface area contributed by atoms with Crippen molar-refractivity contribution in [3.8, 4) is 5.75 Å². The molecule has 20 heavy (non-hydrogen) atoms. The van der Waals surface area contributed by atoms with E-state index in [2.05, 4.69) is 11.8 Å². The van der Waals surface area contributed by atoms with E-state index in [9.17, 15) is 4.79 Å². The molecule has 4 heteroatoms. The number of halogens is 1. The van der Waals surface area contributed by atoms with E-state index in [1.807, 2.05) is 6.07 Å². The first-order chi connectivity index (χ1) is 9.70. The minimum Gasteiger partial charge on any atom is -0.475 e. The number of nitrogens with zero attached hydrogens (tertiary/aromatic N) is 1. The standard InChI is InChI=1S/C16H22ClNO2/c1-2-15(18-10-5-3-4-6-11-18)20-14-9-7-8-13(12-14)16(17)19/h7-9,12,15H,2-6,10-11H2,1H3. The number of carbonyl (C=O) groups is 1. The van der Waals surface area contributed by atoms with Crippen molar-refractivity contribution < 1.29 is 9.53 Å². The summed E-state index contributed by atoms with van der Waals surface area (Å²) in [5, 5.41) is -0.446. The van der Waals surface area contributed by atoms with E-state index in [-0.39, 0.29) is 6.23 Å². The van der Waals surface area contributed by atoms with Crippen molar-refractivity contribution in [1.29, 1.82) is 0 Å². The van der Waals surface area contributed by atoms with Gasteiger partial charge in [0.25, 0.3) is 5.24 Å². The molecule has 110 valence electrons. The number of hydrogen-bond donors (Lipinski definition) is 0. The molecule has 0 N–H and O–H groups in total. The average Bonchev–Trinajstić information content (AvgIpc) is 2.74. The van der Waals surface area contributed by atoms with Crippen LogP contribution >= 0.6 is 11.6 Å². The Morgan fingerprint density at radius 2 is 2.00 bits per heavy atom. The van der Waals surface area contributed by atoms with Gasteiger partial charge in [-0.1, -0.05) is 25.8 Å². The highest BCUT2D eigenvalue weighted by Crippen LogP contribution is 2.21. The maximum Gasteiger partial charge on any atom is 0.252 e. The van der Waals surface area contributed by atoms with Crippen molar-refractivity contribution in [1.82, 2.24) is 4.90 Å². The summed E-state index contributed by atoms with van der Waals surface area (Å²) in [7, 11) is 0. The van der Waals surface area contributed by atoms with E-state index < -0.39 is 5.24 Å². The van der Waals surface area contributed by atoms with Crippen molar-refractivity contribution in [2.24, 2.45) is 0 Å². The normalized spacial score (nSPS) is 18.3. The van der Waals surface area contributed by atoms with Gasteiger partial charge in [0.2, 0.25) is 0 Å². The zero-order chi connectivity index (χ0) is 14.4. The Morgan fingerprint density at radius 1 is 1.30 bits per heavy atom. The van der Waals surface area contributed by atoms with Crippen LogP contribution in [0.25, 0.3) is 0 Å². The molecule has 0 saturated carbocycles. The van der Waals surface area contributed by atoms with E-state index >= 15 is 0 Å². The Kier molecular flexibility index (Phi) is 5.86. The van der Waals surface area contributed by atoms with Crippen LogP contribution in [0.4, 0.5) is 0 Å². The van der Waals surface area contributed by atoms with Crippen LogP contribution in [0.5, 0.6) is 5.75 Å². The molecule has 0 amide bonds. The lowest BCUT2D eigenvalue weighted by Gasteiger charge is -2.30. The van der Waals surface area contributed by atoms with Gasteiger partial charge in [-0.2, -0.15) is 0 Å². The molecule has 1 unspecified atom stereocenters. The molecule has 0 bridgehead atoms. The fraction of sp³-hybridized carbons (Fsp3) is 0.562. The molecule has 1 aliphatic heterocycles. The zero-order valence-corrected chi connectivity index (χ0v) is 12.7. The summed E-state index contributed by atoms with van der Waals surface area (Å²) in [6, 6.07) is 7.11. The fourth-order valence-electron chi connectivity index (χ4n) is 2.65. The van der Waals surface area contributed by atoms with Crippen LogP contribution in [0.2, 0.25) is 0 Å². The lowest BCUT2D eigenvalue weighted by atomic mass is 10.2. The van der Waals surface area contributed by atoms with Gasteiger partial charge in [0.05, 0.1) is 0 Å². The van der Waals surface area contributed by atoms with Crippen LogP contribution in [0.15, 0.2) is 24.3 Å².